The molecule has 31 heavy (non-hydrogen) atoms. The van der Waals surface area contributed by atoms with Crippen LogP contribution in [0.25, 0.3) is 0 Å². The van der Waals surface area contributed by atoms with Gasteiger partial charge in [0.25, 0.3) is 0 Å². The minimum Gasteiger partial charge on any atom is -0.494 e. The number of guanidine groups is 1. The Morgan fingerprint density at radius 3 is 2.42 bits per heavy atom. The van der Waals surface area contributed by atoms with E-state index in [-0.39, 0.29) is 29.9 Å². The van der Waals surface area contributed by atoms with Gasteiger partial charge < -0.3 is 20.3 Å². The number of ether oxygens (including phenoxy) is 1. The highest BCUT2D eigenvalue weighted by atomic mass is 127. The van der Waals surface area contributed by atoms with E-state index in [0.29, 0.717) is 32.7 Å². The first-order chi connectivity index (χ1) is 14.7. The Bertz CT molecular complexity index is 872. The number of hydrogen-bond acceptors (Lipinski definition) is 3. The van der Waals surface area contributed by atoms with Gasteiger partial charge in [-0.1, -0.05) is 42.5 Å². The number of para-hydroxylation sites is 1. The summed E-state index contributed by atoms with van der Waals surface area (Å²) in [5, 5.41) is 6.74. The van der Waals surface area contributed by atoms with Gasteiger partial charge in [-0.05, 0) is 37.5 Å². The minimum absolute atomic E-state index is 0. The van der Waals surface area contributed by atoms with Crippen LogP contribution in [0.2, 0.25) is 0 Å². The molecule has 0 aliphatic carbocycles. The van der Waals surface area contributed by atoms with Gasteiger partial charge in [0, 0.05) is 38.2 Å². The zero-order valence-electron chi connectivity index (χ0n) is 18.4. The van der Waals surface area contributed by atoms with Crippen LogP contribution < -0.4 is 15.4 Å². The van der Waals surface area contributed by atoms with Crippen LogP contribution in [0, 0.1) is 0 Å². The molecule has 6 nitrogen and oxygen atoms in total. The van der Waals surface area contributed by atoms with Crippen molar-refractivity contribution >= 4 is 35.8 Å². The molecular weight excluding hydrogens is 503 g/mol. The van der Waals surface area contributed by atoms with E-state index < -0.39 is 0 Å². The van der Waals surface area contributed by atoms with E-state index in [2.05, 4.69) is 29.7 Å². The largest absolute Gasteiger partial charge is 0.494 e. The molecule has 1 aliphatic rings. The van der Waals surface area contributed by atoms with Crippen molar-refractivity contribution in [3.05, 3.63) is 65.2 Å². The molecule has 7 heteroatoms. The number of hydrogen-bond donors (Lipinski definition) is 2. The Morgan fingerprint density at radius 1 is 1.03 bits per heavy atom. The third kappa shape index (κ3) is 7.41. The molecule has 0 radical (unpaired) electrons. The highest BCUT2D eigenvalue weighted by molar-refractivity contribution is 14.0. The standard InChI is InChI=1S/C24H32N4O2.HI/c1-3-25-24(27-17-20-11-7-8-13-22(20)30-4-2)26-16-19-10-5-6-12-21(19)18-28-15-9-14-23(28)29;/h5-8,10-13H,3-4,9,14-18H2,1-2H3,(H2,25,26,27);1H. The number of benzene rings is 2. The van der Waals surface area contributed by atoms with E-state index >= 15 is 0 Å². The van der Waals surface area contributed by atoms with Crippen LogP contribution in [0.3, 0.4) is 0 Å². The lowest BCUT2D eigenvalue weighted by molar-refractivity contribution is -0.128. The molecule has 1 saturated heterocycles. The zero-order chi connectivity index (χ0) is 21.2. The number of rotatable bonds is 9. The van der Waals surface area contributed by atoms with Crippen molar-refractivity contribution in [1.29, 1.82) is 0 Å². The lowest BCUT2D eigenvalue weighted by Crippen LogP contribution is -2.37. The number of aliphatic imine (C=N–C) groups is 1. The quantitative estimate of drug-likeness (QED) is 0.288. The maximum atomic E-state index is 12.0. The van der Waals surface area contributed by atoms with E-state index in [4.69, 9.17) is 9.73 Å². The second-order valence-electron chi connectivity index (χ2n) is 7.28. The van der Waals surface area contributed by atoms with Gasteiger partial charge in [-0.3, -0.25) is 4.79 Å². The molecule has 0 saturated carbocycles. The van der Waals surface area contributed by atoms with Gasteiger partial charge in [0.15, 0.2) is 5.96 Å². The first kappa shape index (κ1) is 25.0. The Hall–Kier alpha value is -2.29. The van der Waals surface area contributed by atoms with Gasteiger partial charge in [-0.15, -0.1) is 24.0 Å². The van der Waals surface area contributed by atoms with Crippen molar-refractivity contribution in [2.24, 2.45) is 4.99 Å². The topological polar surface area (TPSA) is 66.0 Å². The number of nitrogens with one attached hydrogen (secondary N) is 2. The van der Waals surface area contributed by atoms with Crippen LogP contribution in [0.1, 0.15) is 43.4 Å². The highest BCUT2D eigenvalue weighted by Crippen LogP contribution is 2.19. The second-order valence-corrected chi connectivity index (χ2v) is 7.28. The summed E-state index contributed by atoms with van der Waals surface area (Å²) in [4.78, 5) is 18.7. The summed E-state index contributed by atoms with van der Waals surface area (Å²) < 4.78 is 5.70. The van der Waals surface area contributed by atoms with Gasteiger partial charge in [0.1, 0.15) is 5.75 Å². The van der Waals surface area contributed by atoms with E-state index in [9.17, 15) is 4.79 Å². The number of amides is 1. The highest BCUT2D eigenvalue weighted by Gasteiger charge is 2.20. The van der Waals surface area contributed by atoms with Gasteiger partial charge >= 0.3 is 0 Å². The van der Waals surface area contributed by atoms with Crippen LogP contribution in [0.4, 0.5) is 0 Å². The molecule has 1 aliphatic heterocycles. The number of carbonyl (C=O) groups is 1. The molecule has 2 N–H and O–H groups in total. The van der Waals surface area contributed by atoms with Gasteiger partial charge in [-0.25, -0.2) is 4.99 Å². The summed E-state index contributed by atoms with van der Waals surface area (Å²) >= 11 is 0. The zero-order valence-corrected chi connectivity index (χ0v) is 20.7. The van der Waals surface area contributed by atoms with Crippen LogP contribution in [0.15, 0.2) is 53.5 Å². The SMILES string of the molecule is CCNC(=NCc1ccccc1OCC)NCc1ccccc1CN1CCCC1=O.I. The Balaban J connectivity index is 0.00000341. The maximum Gasteiger partial charge on any atom is 0.222 e. The van der Waals surface area contributed by atoms with E-state index in [1.807, 2.05) is 48.2 Å². The molecule has 1 fully saturated rings. The van der Waals surface area contributed by atoms with Gasteiger partial charge in [0.2, 0.25) is 5.91 Å². The van der Waals surface area contributed by atoms with Crippen LogP contribution in [-0.4, -0.2) is 36.5 Å². The molecule has 1 heterocycles. The summed E-state index contributed by atoms with van der Waals surface area (Å²) in [7, 11) is 0. The van der Waals surface area contributed by atoms with Crippen molar-refractivity contribution < 1.29 is 9.53 Å². The van der Waals surface area contributed by atoms with E-state index in [1.165, 1.54) is 11.1 Å². The molecule has 0 spiro atoms. The number of halogens is 1. The lowest BCUT2D eigenvalue weighted by Gasteiger charge is -2.19. The predicted octanol–water partition coefficient (Wildman–Crippen LogP) is 4.08. The molecule has 168 valence electrons. The molecule has 1 amide bonds. The first-order valence-corrected chi connectivity index (χ1v) is 10.8. The fourth-order valence-electron chi connectivity index (χ4n) is 3.58. The van der Waals surface area contributed by atoms with Gasteiger partial charge in [0.05, 0.1) is 13.2 Å². The van der Waals surface area contributed by atoms with Crippen LogP contribution >= 0.6 is 24.0 Å². The average Bonchev–Trinajstić information content (AvgIpc) is 3.16. The molecule has 0 aromatic heterocycles. The molecule has 0 unspecified atom stereocenters. The van der Waals surface area contributed by atoms with Gasteiger partial charge in [-0.2, -0.15) is 0 Å². The normalized spacial score (nSPS) is 13.7. The Kier molecular flexibility index (Phi) is 10.6. The predicted molar refractivity (Wildman–Crippen MR) is 136 cm³/mol. The summed E-state index contributed by atoms with van der Waals surface area (Å²) in [6.45, 7) is 8.16. The monoisotopic (exact) mass is 536 g/mol. The van der Waals surface area contributed by atoms with E-state index in [1.54, 1.807) is 0 Å². The van der Waals surface area contributed by atoms with Crippen molar-refractivity contribution in [1.82, 2.24) is 15.5 Å². The van der Waals surface area contributed by atoms with Crippen molar-refractivity contribution in [3.63, 3.8) is 0 Å². The fraction of sp³-hybridized carbons (Fsp3) is 0.417. The van der Waals surface area contributed by atoms with E-state index in [0.717, 1.165) is 36.8 Å². The molecule has 2 aromatic rings. The Morgan fingerprint density at radius 2 is 1.74 bits per heavy atom. The third-order valence-corrected chi connectivity index (χ3v) is 5.12. The molecule has 2 aromatic carbocycles. The summed E-state index contributed by atoms with van der Waals surface area (Å²) in [5.74, 6) is 1.89. The smallest absolute Gasteiger partial charge is 0.222 e. The molecular formula is C24H33IN4O2. The van der Waals surface area contributed by atoms with Crippen molar-refractivity contribution in [2.45, 2.75) is 46.3 Å². The third-order valence-electron chi connectivity index (χ3n) is 5.12. The summed E-state index contributed by atoms with van der Waals surface area (Å²) in [6, 6.07) is 16.3. The van der Waals surface area contributed by atoms with Crippen molar-refractivity contribution in [2.75, 3.05) is 19.7 Å². The number of carbonyl (C=O) groups excluding carboxylic acids is 1. The minimum atomic E-state index is 0. The summed E-state index contributed by atoms with van der Waals surface area (Å²) in [5.41, 5.74) is 3.42. The van der Waals surface area contributed by atoms with Crippen LogP contribution in [-0.2, 0) is 24.4 Å². The van der Waals surface area contributed by atoms with Crippen molar-refractivity contribution in [3.8, 4) is 5.75 Å². The van der Waals surface area contributed by atoms with Crippen LogP contribution in [0.5, 0.6) is 5.75 Å². The number of likely N-dealkylation sites (tertiary alicyclic amines) is 1. The molecule has 0 atom stereocenters. The average molecular weight is 536 g/mol. The lowest BCUT2D eigenvalue weighted by atomic mass is 10.1. The maximum absolute atomic E-state index is 12.0. The molecule has 0 bridgehead atoms. The fourth-order valence-corrected chi connectivity index (χ4v) is 3.58. The summed E-state index contributed by atoms with van der Waals surface area (Å²) in [6.07, 6.45) is 1.63. The molecule has 3 rings (SSSR count). The number of nitrogens with zero attached hydrogens (tertiary/aromatic N) is 2. The Labute approximate surface area is 202 Å². The second kappa shape index (κ2) is 13.2. The first-order valence-electron chi connectivity index (χ1n) is 10.8.